The predicted octanol–water partition coefficient (Wildman–Crippen LogP) is 3.35. The van der Waals surface area contributed by atoms with E-state index in [1.807, 2.05) is 36.5 Å². The summed E-state index contributed by atoms with van der Waals surface area (Å²) in [6, 6.07) is 11.7. The molecule has 2 aromatic rings. The number of aliphatic hydroxyl groups is 1. The average Bonchev–Trinajstić information content (AvgIpc) is 3.24. The van der Waals surface area contributed by atoms with E-state index in [9.17, 15) is 9.90 Å². The van der Waals surface area contributed by atoms with Gasteiger partial charge < -0.3 is 25.2 Å². The van der Waals surface area contributed by atoms with Crippen molar-refractivity contribution < 1.29 is 19.4 Å². The maximum absolute atomic E-state index is 11.9. The molecule has 0 unspecified atom stereocenters. The molecule has 1 amide bonds. The Morgan fingerprint density at radius 3 is 2.69 bits per heavy atom. The molecule has 1 saturated heterocycles. The van der Waals surface area contributed by atoms with Crippen LogP contribution in [0.5, 0.6) is 5.88 Å². The Bertz CT molecular complexity index is 999. The Balaban J connectivity index is 1.52. The van der Waals surface area contributed by atoms with Gasteiger partial charge >= 0.3 is 0 Å². The molecule has 1 spiro atoms. The van der Waals surface area contributed by atoms with Gasteiger partial charge in [-0.2, -0.15) is 0 Å². The molecule has 3 N–H and O–H groups in total. The highest BCUT2D eigenvalue weighted by molar-refractivity contribution is 5.73. The van der Waals surface area contributed by atoms with Crippen molar-refractivity contribution in [2.24, 2.45) is 5.41 Å². The van der Waals surface area contributed by atoms with Crippen LogP contribution in [0.15, 0.2) is 42.6 Å². The first-order valence-corrected chi connectivity index (χ1v) is 12.6. The van der Waals surface area contributed by atoms with E-state index in [1.165, 1.54) is 12.5 Å². The third kappa shape index (κ3) is 6.81. The molecule has 7 heteroatoms. The van der Waals surface area contributed by atoms with Crippen molar-refractivity contribution in [3.63, 3.8) is 0 Å². The molecular formula is C28H39N3O4. The van der Waals surface area contributed by atoms with Crippen molar-refractivity contribution in [3.8, 4) is 5.88 Å². The lowest BCUT2D eigenvalue weighted by atomic mass is 9.85. The van der Waals surface area contributed by atoms with Gasteiger partial charge in [0.1, 0.15) is 5.60 Å². The van der Waals surface area contributed by atoms with E-state index in [0.29, 0.717) is 32.1 Å². The van der Waals surface area contributed by atoms with E-state index in [4.69, 9.17) is 14.5 Å². The van der Waals surface area contributed by atoms with E-state index < -0.39 is 17.7 Å². The maximum Gasteiger partial charge on any atom is 0.218 e. The van der Waals surface area contributed by atoms with Crippen LogP contribution < -0.4 is 15.4 Å². The Kier molecular flexibility index (Phi) is 7.79. The molecule has 1 fully saturated rings. The van der Waals surface area contributed by atoms with Crippen LogP contribution in [0.3, 0.4) is 0 Å². The molecule has 3 heterocycles. The van der Waals surface area contributed by atoms with E-state index in [-0.39, 0.29) is 17.4 Å². The lowest BCUT2D eigenvalue weighted by Crippen LogP contribution is -2.50. The monoisotopic (exact) mass is 481 g/mol. The van der Waals surface area contributed by atoms with Crippen molar-refractivity contribution >= 4 is 5.91 Å². The number of carbonyl (C=O) groups excluding carboxylic acids is 1. The number of hydrogen-bond donors (Lipinski definition) is 3. The Hall–Kier alpha value is -2.48. The van der Waals surface area contributed by atoms with Crippen LogP contribution >= 0.6 is 0 Å². The normalized spacial score (nSPS) is 23.4. The number of carbonyl (C=O) groups is 1. The number of rotatable bonds is 8. The molecule has 35 heavy (non-hydrogen) atoms. The van der Waals surface area contributed by atoms with Gasteiger partial charge in [-0.3, -0.25) is 4.79 Å². The van der Waals surface area contributed by atoms with Crippen molar-refractivity contribution in [1.82, 2.24) is 15.6 Å². The fourth-order valence-electron chi connectivity index (χ4n) is 5.12. The molecule has 1 aromatic heterocycles. The van der Waals surface area contributed by atoms with E-state index >= 15 is 0 Å². The van der Waals surface area contributed by atoms with Crippen LogP contribution in [0.1, 0.15) is 63.3 Å². The molecule has 4 rings (SSSR count). The predicted molar refractivity (Wildman–Crippen MR) is 135 cm³/mol. The van der Waals surface area contributed by atoms with Crippen LogP contribution in [0.25, 0.3) is 0 Å². The summed E-state index contributed by atoms with van der Waals surface area (Å²) >= 11 is 0. The lowest BCUT2D eigenvalue weighted by Gasteiger charge is -2.39. The second-order valence-electron chi connectivity index (χ2n) is 11.3. The van der Waals surface area contributed by atoms with Crippen molar-refractivity contribution in [1.29, 1.82) is 0 Å². The molecule has 0 bridgehead atoms. The van der Waals surface area contributed by atoms with Crippen molar-refractivity contribution in [3.05, 3.63) is 59.3 Å². The molecule has 190 valence electrons. The van der Waals surface area contributed by atoms with Gasteiger partial charge in [0.25, 0.3) is 0 Å². The highest BCUT2D eigenvalue weighted by Gasteiger charge is 2.45. The van der Waals surface area contributed by atoms with Gasteiger partial charge in [0.15, 0.2) is 0 Å². The SMILES string of the molecule is CC(=O)N[C@@H](Cc1ccccc1)[C@H](O)CN[C@H]1C[C@]2(CCOC2)Oc2ncc(CC(C)(C)C)cc21. The first kappa shape index (κ1) is 25.6. The van der Waals surface area contributed by atoms with Gasteiger partial charge in [0.2, 0.25) is 11.8 Å². The minimum absolute atomic E-state index is 0.0304. The van der Waals surface area contributed by atoms with Gasteiger partial charge in [-0.15, -0.1) is 0 Å². The smallest absolute Gasteiger partial charge is 0.218 e. The maximum atomic E-state index is 11.9. The third-order valence-electron chi connectivity index (χ3n) is 6.73. The van der Waals surface area contributed by atoms with Gasteiger partial charge in [-0.25, -0.2) is 4.98 Å². The summed E-state index contributed by atoms with van der Waals surface area (Å²) in [6.45, 7) is 9.69. The van der Waals surface area contributed by atoms with Crippen molar-refractivity contribution in [2.45, 2.75) is 77.2 Å². The minimum Gasteiger partial charge on any atom is -0.468 e. The van der Waals surface area contributed by atoms with Crippen LogP contribution in [0, 0.1) is 5.41 Å². The first-order valence-electron chi connectivity index (χ1n) is 12.6. The number of nitrogens with zero attached hydrogens (tertiary/aromatic N) is 1. The molecule has 0 aliphatic carbocycles. The van der Waals surface area contributed by atoms with Gasteiger partial charge in [-0.1, -0.05) is 51.1 Å². The van der Waals surface area contributed by atoms with Crippen LogP contribution in [0.4, 0.5) is 0 Å². The number of pyridine rings is 1. The zero-order chi connectivity index (χ0) is 25.1. The third-order valence-corrected chi connectivity index (χ3v) is 6.73. The van der Waals surface area contributed by atoms with E-state index in [0.717, 1.165) is 30.4 Å². The largest absolute Gasteiger partial charge is 0.468 e. The summed E-state index contributed by atoms with van der Waals surface area (Å²) in [5.74, 6) is 0.494. The van der Waals surface area contributed by atoms with E-state index in [1.54, 1.807) is 0 Å². The van der Waals surface area contributed by atoms with E-state index in [2.05, 4.69) is 37.5 Å². The molecule has 0 radical (unpaired) electrons. The van der Waals surface area contributed by atoms with Gasteiger partial charge in [0, 0.05) is 44.1 Å². The highest BCUT2D eigenvalue weighted by Crippen LogP contribution is 2.42. The number of ether oxygens (including phenoxy) is 2. The number of hydrogen-bond acceptors (Lipinski definition) is 6. The molecule has 2 aliphatic rings. The average molecular weight is 482 g/mol. The van der Waals surface area contributed by atoms with Gasteiger partial charge in [-0.05, 0) is 35.4 Å². The standard InChI is InChI=1S/C28H39N3O4/c1-19(32)31-23(13-20-8-6-5-7-9-20)25(33)17-29-24-15-28(10-11-34-18-28)35-26-22(24)12-21(16-30-26)14-27(2,3)4/h5-9,12,16,23-25,29,33H,10-11,13-15,17-18H2,1-4H3,(H,31,32)/t23-,24-,25+,28-/m0/s1. The summed E-state index contributed by atoms with van der Waals surface area (Å²) in [6.07, 6.45) is 4.20. The molecule has 2 aliphatic heterocycles. The molecular weight excluding hydrogens is 442 g/mol. The quantitative estimate of drug-likeness (QED) is 0.536. The fraction of sp³-hybridized carbons (Fsp3) is 0.571. The summed E-state index contributed by atoms with van der Waals surface area (Å²) in [5.41, 5.74) is 3.02. The van der Waals surface area contributed by atoms with Crippen LogP contribution in [-0.2, 0) is 22.4 Å². The molecule has 1 aromatic carbocycles. The number of nitrogens with one attached hydrogen (secondary N) is 2. The fourth-order valence-corrected chi connectivity index (χ4v) is 5.12. The highest BCUT2D eigenvalue weighted by atomic mass is 16.6. The Morgan fingerprint density at radius 1 is 1.26 bits per heavy atom. The summed E-state index contributed by atoms with van der Waals surface area (Å²) < 4.78 is 12.1. The summed E-state index contributed by atoms with van der Waals surface area (Å²) in [7, 11) is 0. The molecule has 4 atom stereocenters. The summed E-state index contributed by atoms with van der Waals surface area (Å²) in [5, 5.41) is 17.6. The van der Waals surface area contributed by atoms with Crippen molar-refractivity contribution in [2.75, 3.05) is 19.8 Å². The number of aromatic nitrogens is 1. The second-order valence-corrected chi connectivity index (χ2v) is 11.3. The number of benzene rings is 1. The van der Waals surface area contributed by atoms with Crippen LogP contribution in [-0.4, -0.2) is 53.5 Å². The topological polar surface area (TPSA) is 92.7 Å². The molecule has 7 nitrogen and oxygen atoms in total. The Morgan fingerprint density at radius 2 is 2.03 bits per heavy atom. The number of aliphatic hydroxyl groups excluding tert-OH is 1. The number of fused-ring (bicyclic) bond motifs is 1. The lowest BCUT2D eigenvalue weighted by molar-refractivity contribution is -0.120. The Labute approximate surface area is 208 Å². The summed E-state index contributed by atoms with van der Waals surface area (Å²) in [4.78, 5) is 16.6. The van der Waals surface area contributed by atoms with Crippen LogP contribution in [0.2, 0.25) is 0 Å². The zero-order valence-corrected chi connectivity index (χ0v) is 21.3. The molecule has 0 saturated carbocycles. The zero-order valence-electron chi connectivity index (χ0n) is 21.3. The minimum atomic E-state index is -0.758. The first-order chi connectivity index (χ1) is 16.6. The second kappa shape index (κ2) is 10.6. The van der Waals surface area contributed by atoms with Gasteiger partial charge in [0.05, 0.1) is 25.4 Å². The number of amides is 1.